The summed E-state index contributed by atoms with van der Waals surface area (Å²) in [7, 11) is 1.54. The van der Waals surface area contributed by atoms with Gasteiger partial charge in [0, 0.05) is 13.7 Å². The van der Waals surface area contributed by atoms with Gasteiger partial charge in [0.05, 0.1) is 19.4 Å². The summed E-state index contributed by atoms with van der Waals surface area (Å²) in [5.41, 5.74) is 3.11. The van der Waals surface area contributed by atoms with Crippen molar-refractivity contribution in [3.05, 3.63) is 29.8 Å². The van der Waals surface area contributed by atoms with Gasteiger partial charge in [-0.05, 0) is 36.8 Å². The van der Waals surface area contributed by atoms with E-state index in [9.17, 15) is 9.59 Å². The number of hydrogen-bond donors (Lipinski definition) is 2. The van der Waals surface area contributed by atoms with E-state index in [0.29, 0.717) is 19.8 Å². The predicted octanol–water partition coefficient (Wildman–Crippen LogP) is 0.688. The van der Waals surface area contributed by atoms with Crippen LogP contribution in [0.5, 0.6) is 5.75 Å². The van der Waals surface area contributed by atoms with Crippen molar-refractivity contribution in [3.8, 4) is 5.75 Å². The van der Waals surface area contributed by atoms with Crippen LogP contribution in [-0.2, 0) is 14.3 Å². The molecular formula is C15H21N3O4. The topological polar surface area (TPSA) is 89.0 Å². The molecule has 0 aromatic heterocycles. The van der Waals surface area contributed by atoms with Crippen LogP contribution in [0, 0.1) is 0 Å². The third-order valence-corrected chi connectivity index (χ3v) is 2.54. The van der Waals surface area contributed by atoms with Crippen molar-refractivity contribution in [1.29, 1.82) is 0 Å². The summed E-state index contributed by atoms with van der Waals surface area (Å²) in [5.74, 6) is -0.0701. The van der Waals surface area contributed by atoms with E-state index in [4.69, 9.17) is 9.47 Å². The van der Waals surface area contributed by atoms with Crippen molar-refractivity contribution in [1.82, 2.24) is 10.7 Å². The van der Waals surface area contributed by atoms with Gasteiger partial charge in [-0.25, -0.2) is 5.43 Å². The molecule has 1 aromatic rings. The Morgan fingerprint density at radius 1 is 1.23 bits per heavy atom. The Kier molecular flexibility index (Phi) is 8.29. The summed E-state index contributed by atoms with van der Waals surface area (Å²) in [6.07, 6.45) is 1.22. The van der Waals surface area contributed by atoms with Crippen LogP contribution in [0.3, 0.4) is 0 Å². The van der Waals surface area contributed by atoms with E-state index in [0.717, 1.165) is 11.3 Å². The van der Waals surface area contributed by atoms with Gasteiger partial charge in [-0.2, -0.15) is 5.10 Å². The molecule has 0 heterocycles. The first-order valence-corrected chi connectivity index (χ1v) is 6.96. The number of carbonyl (C=O) groups excluding carboxylic acids is 2. The zero-order valence-electron chi connectivity index (χ0n) is 12.8. The summed E-state index contributed by atoms with van der Waals surface area (Å²) >= 11 is 0. The Balaban J connectivity index is 2.32. The first kappa shape index (κ1) is 17.6. The van der Waals surface area contributed by atoms with Gasteiger partial charge >= 0.3 is 0 Å². The monoisotopic (exact) mass is 307 g/mol. The second-order valence-corrected chi connectivity index (χ2v) is 4.31. The van der Waals surface area contributed by atoms with Crippen molar-refractivity contribution >= 4 is 18.0 Å². The summed E-state index contributed by atoms with van der Waals surface area (Å²) < 4.78 is 10.1. The maximum Gasteiger partial charge on any atom is 0.249 e. The number of hydrogen-bond acceptors (Lipinski definition) is 5. The van der Waals surface area contributed by atoms with Crippen LogP contribution in [0.1, 0.15) is 18.9 Å². The summed E-state index contributed by atoms with van der Waals surface area (Å²) in [6, 6.07) is 7.27. The highest BCUT2D eigenvalue weighted by molar-refractivity contribution is 5.97. The summed E-state index contributed by atoms with van der Waals surface area (Å²) in [6.45, 7) is 3.30. The molecule has 0 aliphatic carbocycles. The number of rotatable bonds is 9. The minimum absolute atomic E-state index is 0.273. The highest BCUT2D eigenvalue weighted by Gasteiger charge is 2.07. The van der Waals surface area contributed by atoms with E-state index in [-0.39, 0.29) is 12.3 Å². The molecule has 7 heteroatoms. The van der Waals surface area contributed by atoms with E-state index >= 15 is 0 Å². The van der Waals surface area contributed by atoms with Crippen molar-refractivity contribution in [2.45, 2.75) is 13.3 Å². The zero-order chi connectivity index (χ0) is 16.2. The number of amides is 2. The molecule has 0 aliphatic heterocycles. The lowest BCUT2D eigenvalue weighted by Gasteiger charge is -2.03. The van der Waals surface area contributed by atoms with Crippen molar-refractivity contribution in [3.63, 3.8) is 0 Å². The van der Waals surface area contributed by atoms with E-state index in [1.54, 1.807) is 0 Å². The van der Waals surface area contributed by atoms with Crippen LogP contribution in [0.15, 0.2) is 29.4 Å². The Morgan fingerprint density at radius 3 is 2.59 bits per heavy atom. The maximum atomic E-state index is 11.5. The number of ether oxygens (including phenoxy) is 2. The molecule has 0 fully saturated rings. The van der Waals surface area contributed by atoms with Gasteiger partial charge in [0.2, 0.25) is 11.8 Å². The fourth-order valence-corrected chi connectivity index (χ4v) is 1.54. The fourth-order valence-electron chi connectivity index (χ4n) is 1.54. The van der Waals surface area contributed by atoms with Gasteiger partial charge in [-0.15, -0.1) is 0 Å². The molecule has 0 radical (unpaired) electrons. The maximum absolute atomic E-state index is 11.5. The Bertz CT molecular complexity index is 500. The highest BCUT2D eigenvalue weighted by Crippen LogP contribution is 2.10. The van der Waals surface area contributed by atoms with Crippen LogP contribution in [0.2, 0.25) is 0 Å². The van der Waals surface area contributed by atoms with Gasteiger partial charge in [-0.1, -0.05) is 0 Å². The quantitative estimate of drug-likeness (QED) is 0.304. The van der Waals surface area contributed by atoms with E-state index < -0.39 is 5.91 Å². The molecule has 7 nitrogen and oxygen atoms in total. The van der Waals surface area contributed by atoms with Gasteiger partial charge < -0.3 is 14.8 Å². The minimum Gasteiger partial charge on any atom is -0.494 e. The highest BCUT2D eigenvalue weighted by atomic mass is 16.5. The lowest BCUT2D eigenvalue weighted by Crippen LogP contribution is -2.31. The molecule has 0 atom stereocenters. The first-order valence-electron chi connectivity index (χ1n) is 6.96. The summed E-state index contributed by atoms with van der Waals surface area (Å²) in [5, 5.41) is 6.35. The molecule has 0 saturated heterocycles. The molecule has 1 rings (SSSR count). The van der Waals surface area contributed by atoms with Crippen LogP contribution in [0.25, 0.3) is 0 Å². The second kappa shape index (κ2) is 10.3. The van der Waals surface area contributed by atoms with Crippen LogP contribution < -0.4 is 15.5 Å². The van der Waals surface area contributed by atoms with E-state index in [1.165, 1.54) is 13.3 Å². The van der Waals surface area contributed by atoms with Gasteiger partial charge in [0.1, 0.15) is 12.2 Å². The smallest absolute Gasteiger partial charge is 0.249 e. The number of nitrogens with zero attached hydrogens (tertiary/aromatic N) is 1. The molecule has 0 saturated carbocycles. The normalized spacial score (nSPS) is 10.5. The number of benzene rings is 1. The molecular weight excluding hydrogens is 286 g/mol. The Labute approximate surface area is 129 Å². The average Bonchev–Trinajstić information content (AvgIpc) is 2.49. The Hall–Kier alpha value is -2.41. The predicted molar refractivity (Wildman–Crippen MR) is 82.9 cm³/mol. The molecule has 0 aliphatic rings. The molecule has 2 N–H and O–H groups in total. The number of hydrazone groups is 1. The first-order chi connectivity index (χ1) is 10.7. The number of carbonyl (C=O) groups is 2. The van der Waals surface area contributed by atoms with Gasteiger partial charge in [0.15, 0.2) is 0 Å². The second-order valence-electron chi connectivity index (χ2n) is 4.31. The zero-order valence-corrected chi connectivity index (χ0v) is 12.8. The molecule has 2 amide bonds. The molecule has 0 unspecified atom stereocenters. The number of nitrogens with one attached hydrogen (secondary N) is 2. The molecule has 0 spiro atoms. The van der Waals surface area contributed by atoms with Crippen LogP contribution in [-0.4, -0.2) is 44.9 Å². The van der Waals surface area contributed by atoms with Crippen molar-refractivity contribution in [2.24, 2.45) is 5.10 Å². The lowest BCUT2D eigenvalue weighted by molar-refractivity contribution is -0.129. The molecule has 120 valence electrons. The molecule has 0 bridgehead atoms. The van der Waals surface area contributed by atoms with Crippen LogP contribution in [0.4, 0.5) is 0 Å². The SMILES string of the molecule is CCOc1ccc(/C=N/NC(=O)CC(=O)NCCOC)cc1. The van der Waals surface area contributed by atoms with Gasteiger partial charge in [0.25, 0.3) is 0 Å². The summed E-state index contributed by atoms with van der Waals surface area (Å²) in [4.78, 5) is 22.8. The van der Waals surface area contributed by atoms with E-state index in [1.807, 2.05) is 31.2 Å². The van der Waals surface area contributed by atoms with Crippen molar-refractivity contribution in [2.75, 3.05) is 26.9 Å². The minimum atomic E-state index is -0.475. The lowest BCUT2D eigenvalue weighted by atomic mass is 10.2. The van der Waals surface area contributed by atoms with Gasteiger partial charge in [-0.3, -0.25) is 9.59 Å². The standard InChI is InChI=1S/C15H21N3O4/c1-3-22-13-6-4-12(5-7-13)11-17-18-15(20)10-14(19)16-8-9-21-2/h4-7,11H,3,8-10H2,1-2H3,(H,16,19)(H,18,20)/b17-11+. The third kappa shape index (κ3) is 7.39. The number of methoxy groups -OCH3 is 1. The largest absolute Gasteiger partial charge is 0.494 e. The van der Waals surface area contributed by atoms with Crippen molar-refractivity contribution < 1.29 is 19.1 Å². The third-order valence-electron chi connectivity index (χ3n) is 2.54. The fraction of sp³-hybridized carbons (Fsp3) is 0.400. The molecule has 22 heavy (non-hydrogen) atoms. The van der Waals surface area contributed by atoms with Crippen LogP contribution >= 0.6 is 0 Å². The van der Waals surface area contributed by atoms with E-state index in [2.05, 4.69) is 15.8 Å². The Morgan fingerprint density at radius 2 is 1.95 bits per heavy atom. The average molecular weight is 307 g/mol. The molecule has 1 aromatic carbocycles.